The normalized spacial score (nSPS) is 14.5. The second kappa shape index (κ2) is 8.49. The van der Waals surface area contributed by atoms with E-state index in [0.717, 1.165) is 19.4 Å². The number of nitrogens with one attached hydrogen (secondary N) is 1. The molecule has 5 N–H and O–H groups in total. The topological polar surface area (TPSA) is 90.9 Å². The quantitative estimate of drug-likeness (QED) is 0.157. The van der Waals surface area contributed by atoms with Crippen LogP contribution in [0.4, 0.5) is 0 Å². The summed E-state index contributed by atoms with van der Waals surface area (Å²) in [4.78, 5) is 0. The summed E-state index contributed by atoms with van der Waals surface area (Å²) in [5.41, 5.74) is 5.30. The summed E-state index contributed by atoms with van der Waals surface area (Å²) in [7, 11) is 0. The van der Waals surface area contributed by atoms with Gasteiger partial charge in [0, 0.05) is 13.0 Å². The molecule has 0 aromatic rings. The van der Waals surface area contributed by atoms with Crippen LogP contribution in [-0.4, -0.2) is 35.3 Å². The minimum Gasteiger partial charge on any atom is -0.409 e. The van der Waals surface area contributed by atoms with Crippen LogP contribution in [-0.2, 0) is 0 Å². The highest BCUT2D eigenvalue weighted by atomic mass is 16.4. The predicted octanol–water partition coefficient (Wildman–Crippen LogP) is 0.510. The Hall–Kier alpha value is -0.810. The summed E-state index contributed by atoms with van der Waals surface area (Å²) in [5, 5.41) is 23.8. The zero-order valence-electron chi connectivity index (χ0n) is 9.61. The van der Waals surface area contributed by atoms with Crippen molar-refractivity contribution in [3.05, 3.63) is 0 Å². The summed E-state index contributed by atoms with van der Waals surface area (Å²) in [6, 6.07) is 0. The van der Waals surface area contributed by atoms with Gasteiger partial charge in [-0.1, -0.05) is 19.0 Å². The Bertz CT molecular complexity index is 184. The fourth-order valence-corrected chi connectivity index (χ4v) is 1.34. The third-order valence-electron chi connectivity index (χ3n) is 2.04. The lowest BCUT2D eigenvalue weighted by Crippen LogP contribution is -2.29. The van der Waals surface area contributed by atoms with Gasteiger partial charge in [0.05, 0.1) is 6.10 Å². The molecular weight excluding hydrogens is 194 g/mol. The molecule has 0 aliphatic heterocycles. The van der Waals surface area contributed by atoms with Crippen LogP contribution in [0.25, 0.3) is 0 Å². The van der Waals surface area contributed by atoms with Crippen LogP contribution in [0, 0.1) is 5.92 Å². The van der Waals surface area contributed by atoms with Gasteiger partial charge in [0.25, 0.3) is 0 Å². The number of rotatable bonds is 8. The van der Waals surface area contributed by atoms with E-state index in [4.69, 9.17) is 10.9 Å². The predicted molar refractivity (Wildman–Crippen MR) is 61.0 cm³/mol. The molecule has 0 spiro atoms. The van der Waals surface area contributed by atoms with E-state index < -0.39 is 0 Å². The van der Waals surface area contributed by atoms with Gasteiger partial charge in [0.1, 0.15) is 5.84 Å². The van der Waals surface area contributed by atoms with Gasteiger partial charge in [-0.05, 0) is 25.3 Å². The van der Waals surface area contributed by atoms with Crippen molar-refractivity contribution in [1.82, 2.24) is 5.32 Å². The Morgan fingerprint density at radius 3 is 2.67 bits per heavy atom. The van der Waals surface area contributed by atoms with Crippen LogP contribution in [0.15, 0.2) is 5.16 Å². The van der Waals surface area contributed by atoms with Crippen molar-refractivity contribution in [1.29, 1.82) is 0 Å². The lowest BCUT2D eigenvalue weighted by Gasteiger charge is -2.13. The van der Waals surface area contributed by atoms with Gasteiger partial charge in [-0.3, -0.25) is 0 Å². The molecule has 0 saturated heterocycles. The Kier molecular flexibility index (Phi) is 8.04. The maximum Gasteiger partial charge on any atom is 0.139 e. The summed E-state index contributed by atoms with van der Waals surface area (Å²) >= 11 is 0. The molecule has 0 heterocycles. The number of aliphatic hydroxyl groups is 1. The summed E-state index contributed by atoms with van der Waals surface area (Å²) in [6.45, 7) is 5.54. The van der Waals surface area contributed by atoms with Crippen LogP contribution in [0.1, 0.15) is 33.1 Å². The van der Waals surface area contributed by atoms with Gasteiger partial charge in [0.15, 0.2) is 0 Å². The first kappa shape index (κ1) is 14.2. The van der Waals surface area contributed by atoms with Crippen molar-refractivity contribution in [2.24, 2.45) is 16.8 Å². The van der Waals surface area contributed by atoms with Gasteiger partial charge < -0.3 is 21.4 Å². The largest absolute Gasteiger partial charge is 0.409 e. The first-order valence-corrected chi connectivity index (χ1v) is 5.41. The maximum atomic E-state index is 9.52. The molecule has 1 unspecified atom stereocenters. The number of hydrogen-bond donors (Lipinski definition) is 4. The van der Waals surface area contributed by atoms with Gasteiger partial charge in [-0.25, -0.2) is 0 Å². The molecular formula is C10H23N3O2. The number of nitrogens with two attached hydrogens (primary N) is 1. The zero-order valence-corrected chi connectivity index (χ0v) is 9.61. The monoisotopic (exact) mass is 217 g/mol. The van der Waals surface area contributed by atoms with E-state index in [1.807, 2.05) is 0 Å². The number of amidine groups is 1. The highest BCUT2D eigenvalue weighted by molar-refractivity contribution is 5.79. The molecule has 0 aromatic carbocycles. The van der Waals surface area contributed by atoms with E-state index in [0.29, 0.717) is 18.9 Å². The molecule has 90 valence electrons. The first-order valence-electron chi connectivity index (χ1n) is 5.41. The molecule has 0 saturated carbocycles. The standard InChI is InChI=1S/C10H23N3O2/c1-8(2)6-9(14)7-12-5-3-4-10(11)13-15/h8-9,12,14-15H,3-7H2,1-2H3,(H2,11,13). The van der Waals surface area contributed by atoms with E-state index in [-0.39, 0.29) is 11.9 Å². The Labute approximate surface area is 91.4 Å². The maximum absolute atomic E-state index is 9.52. The first-order chi connectivity index (χ1) is 7.06. The van der Waals surface area contributed by atoms with Crippen molar-refractivity contribution in [3.8, 4) is 0 Å². The average Bonchev–Trinajstić information content (AvgIpc) is 2.15. The summed E-state index contributed by atoms with van der Waals surface area (Å²) in [5.74, 6) is 0.762. The highest BCUT2D eigenvalue weighted by Gasteiger charge is 2.05. The minimum atomic E-state index is -0.283. The van der Waals surface area contributed by atoms with Crippen LogP contribution < -0.4 is 11.1 Å². The molecule has 1 atom stereocenters. The van der Waals surface area contributed by atoms with Crippen molar-refractivity contribution in [2.75, 3.05) is 13.1 Å². The van der Waals surface area contributed by atoms with Crippen molar-refractivity contribution in [2.45, 2.75) is 39.2 Å². The number of aliphatic hydroxyl groups excluding tert-OH is 1. The molecule has 0 aliphatic rings. The second-order valence-corrected chi connectivity index (χ2v) is 4.18. The molecule has 0 aliphatic carbocycles. The third kappa shape index (κ3) is 9.49. The number of nitrogens with zero attached hydrogens (tertiary/aromatic N) is 1. The molecule has 0 rings (SSSR count). The van der Waals surface area contributed by atoms with Crippen LogP contribution in [0.3, 0.4) is 0 Å². The highest BCUT2D eigenvalue weighted by Crippen LogP contribution is 2.03. The van der Waals surface area contributed by atoms with Crippen molar-refractivity contribution < 1.29 is 10.3 Å². The Balaban J connectivity index is 3.31. The van der Waals surface area contributed by atoms with Crippen LogP contribution >= 0.6 is 0 Å². The fraction of sp³-hybridized carbons (Fsp3) is 0.900. The molecule has 5 heteroatoms. The Morgan fingerprint density at radius 2 is 2.13 bits per heavy atom. The summed E-state index contributed by atoms with van der Waals surface area (Å²) < 4.78 is 0. The molecule has 0 amide bonds. The van der Waals surface area contributed by atoms with E-state index in [1.54, 1.807) is 0 Å². The average molecular weight is 217 g/mol. The summed E-state index contributed by atoms with van der Waals surface area (Å²) in [6.07, 6.45) is 1.91. The van der Waals surface area contributed by atoms with Gasteiger partial charge in [0.2, 0.25) is 0 Å². The lowest BCUT2D eigenvalue weighted by atomic mass is 10.1. The van der Waals surface area contributed by atoms with E-state index in [9.17, 15) is 5.11 Å². The van der Waals surface area contributed by atoms with E-state index >= 15 is 0 Å². The van der Waals surface area contributed by atoms with Crippen LogP contribution in [0.2, 0.25) is 0 Å². The van der Waals surface area contributed by atoms with E-state index in [2.05, 4.69) is 24.3 Å². The fourth-order valence-electron chi connectivity index (χ4n) is 1.34. The second-order valence-electron chi connectivity index (χ2n) is 4.18. The van der Waals surface area contributed by atoms with Gasteiger partial charge in [-0.15, -0.1) is 0 Å². The van der Waals surface area contributed by atoms with Gasteiger partial charge in [-0.2, -0.15) is 0 Å². The molecule has 0 bridgehead atoms. The third-order valence-corrected chi connectivity index (χ3v) is 2.04. The molecule has 0 fully saturated rings. The number of hydrogen-bond acceptors (Lipinski definition) is 4. The van der Waals surface area contributed by atoms with Crippen molar-refractivity contribution >= 4 is 5.84 Å². The molecule has 0 radical (unpaired) electrons. The molecule has 5 nitrogen and oxygen atoms in total. The number of oxime groups is 1. The minimum absolute atomic E-state index is 0.250. The van der Waals surface area contributed by atoms with Crippen molar-refractivity contribution in [3.63, 3.8) is 0 Å². The van der Waals surface area contributed by atoms with E-state index in [1.165, 1.54) is 0 Å². The SMILES string of the molecule is CC(C)CC(O)CNCCCC(N)=NO. The smallest absolute Gasteiger partial charge is 0.139 e. The van der Waals surface area contributed by atoms with Crippen LogP contribution in [0.5, 0.6) is 0 Å². The zero-order chi connectivity index (χ0) is 11.7. The molecule has 0 aromatic heterocycles. The Morgan fingerprint density at radius 1 is 1.47 bits per heavy atom. The van der Waals surface area contributed by atoms with Gasteiger partial charge >= 0.3 is 0 Å². The lowest BCUT2D eigenvalue weighted by molar-refractivity contribution is 0.146. The molecule has 15 heavy (non-hydrogen) atoms.